The van der Waals surface area contributed by atoms with E-state index in [4.69, 9.17) is 9.84 Å². The van der Waals surface area contributed by atoms with Crippen molar-refractivity contribution in [2.75, 3.05) is 13.2 Å². The first kappa shape index (κ1) is 25.3. The fourth-order valence-corrected chi connectivity index (χ4v) is 5.25. The molecule has 13 heteroatoms. The molecule has 0 radical (unpaired) electrons. The average molecular weight is 485 g/mol. The lowest BCUT2D eigenvalue weighted by atomic mass is 10.2. The lowest BCUT2D eigenvalue weighted by molar-refractivity contribution is -0.154. The number of hydrogen-bond acceptors (Lipinski definition) is 6. The second-order valence-electron chi connectivity index (χ2n) is 6.55. The van der Waals surface area contributed by atoms with Crippen LogP contribution in [-0.2, 0) is 18.6 Å². The lowest BCUT2D eigenvalue weighted by Crippen LogP contribution is -2.35. The normalized spacial score (nSPS) is 15.9. The number of carbonyl (C=O) groups is 2. The Morgan fingerprint density at radius 2 is 1.97 bits per heavy atom. The molecule has 0 saturated carbocycles. The molecule has 0 aliphatic carbocycles. The maximum atomic E-state index is 15.2. The Morgan fingerprint density at radius 1 is 1.29 bits per heavy atom. The summed E-state index contributed by atoms with van der Waals surface area (Å²) >= 11 is 0.921. The van der Waals surface area contributed by atoms with E-state index in [0.717, 1.165) is 18.3 Å². The van der Waals surface area contributed by atoms with Gasteiger partial charge < -0.3 is 14.4 Å². The number of thiophene rings is 1. The number of ether oxygens (including phenoxy) is 1. The minimum atomic E-state index is -4.91. The van der Waals surface area contributed by atoms with E-state index in [2.05, 4.69) is 4.52 Å². The number of nitrogens with one attached hydrogen (secondary N) is 1. The van der Waals surface area contributed by atoms with Crippen LogP contribution in [0.15, 0.2) is 24.3 Å². The molecular weight excluding hydrogens is 465 g/mol. The summed E-state index contributed by atoms with van der Waals surface area (Å²) < 4.78 is 76.1. The van der Waals surface area contributed by atoms with E-state index in [9.17, 15) is 27.3 Å². The van der Waals surface area contributed by atoms with E-state index < -0.39 is 44.2 Å². The van der Waals surface area contributed by atoms with Crippen molar-refractivity contribution in [3.05, 3.63) is 34.7 Å². The molecule has 31 heavy (non-hydrogen) atoms. The van der Waals surface area contributed by atoms with Crippen molar-refractivity contribution in [1.29, 1.82) is 0 Å². The predicted molar refractivity (Wildman–Crippen MR) is 106 cm³/mol. The summed E-state index contributed by atoms with van der Waals surface area (Å²) in [6.45, 7) is 0.906. The number of esters is 1. The van der Waals surface area contributed by atoms with Crippen molar-refractivity contribution in [2.24, 2.45) is 0 Å². The third-order valence-corrected chi connectivity index (χ3v) is 7.18. The topological polar surface area (TPSA) is 102 Å². The van der Waals surface area contributed by atoms with Gasteiger partial charge in [-0.2, -0.15) is 13.2 Å². The molecule has 1 heterocycles. The number of benzene rings is 1. The molecule has 172 valence electrons. The molecule has 0 fully saturated rings. The Labute approximate surface area is 178 Å². The minimum Gasteiger partial charge on any atom is -0.477 e. The van der Waals surface area contributed by atoms with Gasteiger partial charge in [0.25, 0.3) is 0 Å². The van der Waals surface area contributed by atoms with Crippen molar-refractivity contribution in [3.63, 3.8) is 0 Å². The number of alkyl halides is 4. The van der Waals surface area contributed by atoms with Gasteiger partial charge in [0.1, 0.15) is 10.9 Å². The second kappa shape index (κ2) is 10.1. The standard InChI is InChI=1S/C18H20F4NO6PS/c1-3-6-28-17(26)10(2)23-30(27,29-9-18(20,21)22)15(19)11-4-5-13-12(7-11)8-14(31-13)16(24)25/h4-5,7-8,10,15H,3,6,9H2,1-2H3,(H,23,27)(H,24,25). The summed E-state index contributed by atoms with van der Waals surface area (Å²) in [5, 5.41) is 11.4. The number of halogens is 4. The van der Waals surface area contributed by atoms with Gasteiger partial charge in [-0.05, 0) is 42.5 Å². The van der Waals surface area contributed by atoms with Crippen LogP contribution in [-0.4, -0.2) is 42.5 Å². The highest BCUT2D eigenvalue weighted by Gasteiger charge is 2.42. The van der Waals surface area contributed by atoms with Gasteiger partial charge in [0.15, 0.2) is 6.61 Å². The van der Waals surface area contributed by atoms with E-state index in [-0.39, 0.29) is 17.0 Å². The molecule has 3 unspecified atom stereocenters. The van der Waals surface area contributed by atoms with Gasteiger partial charge in [0, 0.05) is 4.70 Å². The summed E-state index contributed by atoms with van der Waals surface area (Å²) in [5.41, 5.74) is -0.297. The van der Waals surface area contributed by atoms with Crippen LogP contribution >= 0.6 is 18.9 Å². The highest BCUT2D eigenvalue weighted by molar-refractivity contribution is 7.57. The van der Waals surface area contributed by atoms with Crippen LogP contribution in [0, 0.1) is 0 Å². The largest absolute Gasteiger partial charge is 0.477 e. The van der Waals surface area contributed by atoms with Gasteiger partial charge >= 0.3 is 25.6 Å². The van der Waals surface area contributed by atoms with Crippen LogP contribution < -0.4 is 5.09 Å². The number of hydrogen-bond donors (Lipinski definition) is 2. The van der Waals surface area contributed by atoms with E-state index in [1.54, 1.807) is 6.92 Å². The number of fused-ring (bicyclic) bond motifs is 1. The zero-order chi connectivity index (χ0) is 23.4. The number of aromatic carboxylic acids is 1. The van der Waals surface area contributed by atoms with Gasteiger partial charge in [0.05, 0.1) is 6.61 Å². The fraction of sp³-hybridized carbons (Fsp3) is 0.444. The first-order valence-electron chi connectivity index (χ1n) is 9.02. The Hall–Kier alpha value is -2.01. The Morgan fingerprint density at radius 3 is 2.55 bits per heavy atom. The molecule has 1 aromatic carbocycles. The minimum absolute atomic E-state index is 0.0236. The van der Waals surface area contributed by atoms with Crippen LogP contribution in [0.2, 0.25) is 0 Å². The zero-order valence-electron chi connectivity index (χ0n) is 16.4. The van der Waals surface area contributed by atoms with Gasteiger partial charge in [-0.15, -0.1) is 11.3 Å². The van der Waals surface area contributed by atoms with E-state index >= 15 is 4.39 Å². The van der Waals surface area contributed by atoms with Crippen molar-refractivity contribution in [1.82, 2.24) is 5.09 Å². The molecule has 1 aromatic heterocycles. The molecule has 2 rings (SSSR count). The molecule has 0 aliphatic heterocycles. The highest BCUT2D eigenvalue weighted by Crippen LogP contribution is 2.58. The van der Waals surface area contributed by atoms with Crippen LogP contribution in [0.3, 0.4) is 0 Å². The molecule has 0 bridgehead atoms. The second-order valence-corrected chi connectivity index (χ2v) is 9.80. The van der Waals surface area contributed by atoms with Crippen LogP contribution in [0.1, 0.15) is 41.4 Å². The highest BCUT2D eigenvalue weighted by atomic mass is 32.1. The van der Waals surface area contributed by atoms with Crippen LogP contribution in [0.5, 0.6) is 0 Å². The zero-order valence-corrected chi connectivity index (χ0v) is 18.2. The first-order valence-corrected chi connectivity index (χ1v) is 11.5. The monoisotopic (exact) mass is 485 g/mol. The quantitative estimate of drug-likeness (QED) is 0.269. The van der Waals surface area contributed by atoms with Crippen molar-refractivity contribution < 1.29 is 46.1 Å². The summed E-state index contributed by atoms with van der Waals surface area (Å²) in [5.74, 6) is -4.68. The van der Waals surface area contributed by atoms with Gasteiger partial charge in [-0.1, -0.05) is 13.0 Å². The molecule has 2 N–H and O–H groups in total. The molecule has 7 nitrogen and oxygen atoms in total. The van der Waals surface area contributed by atoms with Crippen molar-refractivity contribution >= 4 is 40.9 Å². The van der Waals surface area contributed by atoms with Gasteiger partial charge in [-0.3, -0.25) is 9.36 Å². The Kier molecular flexibility index (Phi) is 8.21. The number of carboxylic acids is 1. The number of carbonyl (C=O) groups excluding carboxylic acids is 1. The van der Waals surface area contributed by atoms with Crippen molar-refractivity contribution in [2.45, 2.75) is 38.4 Å². The third kappa shape index (κ3) is 6.73. The Balaban J connectivity index is 2.35. The molecule has 0 saturated heterocycles. The van der Waals surface area contributed by atoms with Gasteiger partial charge in [0.2, 0.25) is 5.91 Å². The van der Waals surface area contributed by atoms with E-state index in [1.165, 1.54) is 24.3 Å². The SMILES string of the molecule is CCCOC(=O)C(C)NP(=O)(OCC(F)(F)F)C(F)c1ccc2sc(C(=O)O)cc2c1. The molecule has 0 aliphatic rings. The average Bonchev–Trinajstić information content (AvgIpc) is 3.13. The molecular formula is C18H20F4NO6PS. The summed E-state index contributed by atoms with van der Waals surface area (Å²) in [4.78, 5) is 23.0. The fourth-order valence-electron chi connectivity index (χ4n) is 2.50. The summed E-state index contributed by atoms with van der Waals surface area (Å²) in [6, 6.07) is 3.56. The summed E-state index contributed by atoms with van der Waals surface area (Å²) in [6.07, 6.45) is -4.41. The Bertz CT molecular complexity index is 995. The van der Waals surface area contributed by atoms with Crippen LogP contribution in [0.25, 0.3) is 10.1 Å². The molecule has 0 spiro atoms. The number of carboxylic acid groups (broad SMARTS) is 1. The smallest absolute Gasteiger partial charge is 0.412 e. The maximum Gasteiger partial charge on any atom is 0.412 e. The van der Waals surface area contributed by atoms with E-state index in [0.29, 0.717) is 16.5 Å². The van der Waals surface area contributed by atoms with Gasteiger partial charge in [-0.25, -0.2) is 14.3 Å². The molecule has 3 atom stereocenters. The lowest BCUT2D eigenvalue weighted by Gasteiger charge is -2.26. The number of rotatable bonds is 10. The van der Waals surface area contributed by atoms with Crippen molar-refractivity contribution in [3.8, 4) is 0 Å². The van der Waals surface area contributed by atoms with E-state index in [1.807, 2.05) is 5.09 Å². The summed E-state index contributed by atoms with van der Waals surface area (Å²) in [7, 11) is -4.91. The molecule has 2 aromatic rings. The first-order chi connectivity index (χ1) is 14.4. The molecule has 0 amide bonds. The van der Waals surface area contributed by atoms with Crippen LogP contribution in [0.4, 0.5) is 17.6 Å². The maximum absolute atomic E-state index is 15.2. The third-order valence-electron chi connectivity index (χ3n) is 3.92. The predicted octanol–water partition coefficient (Wildman–Crippen LogP) is 5.27.